The Morgan fingerprint density at radius 1 is 1.29 bits per heavy atom. The smallest absolute Gasteiger partial charge is 0.397 e. The lowest BCUT2D eigenvalue weighted by Gasteiger charge is -2.19. The van der Waals surface area contributed by atoms with Gasteiger partial charge in [-0.3, -0.25) is 0 Å². The maximum Gasteiger partial charge on any atom is 0.397 e. The van der Waals surface area contributed by atoms with E-state index in [2.05, 4.69) is 0 Å². The quantitative estimate of drug-likeness (QED) is 0.659. The molecule has 1 aliphatic rings. The molecule has 1 aromatic rings. The molecule has 2 N–H and O–H groups in total. The molecule has 0 unspecified atom stereocenters. The van der Waals surface area contributed by atoms with E-state index in [1.165, 1.54) is 12.1 Å². The van der Waals surface area contributed by atoms with Crippen LogP contribution in [0.3, 0.4) is 0 Å². The highest BCUT2D eigenvalue weighted by molar-refractivity contribution is 5.42. The Morgan fingerprint density at radius 2 is 1.94 bits per heavy atom. The number of hydrogen-bond donors (Lipinski definition) is 1. The van der Waals surface area contributed by atoms with Gasteiger partial charge in [0.05, 0.1) is 0 Å². The second-order valence-corrected chi connectivity index (χ2v) is 4.26. The van der Waals surface area contributed by atoms with Crippen molar-refractivity contribution in [2.24, 2.45) is 5.41 Å². The van der Waals surface area contributed by atoms with Crippen molar-refractivity contribution < 1.29 is 22.3 Å². The summed E-state index contributed by atoms with van der Waals surface area (Å²) in [5.41, 5.74) is 3.73. The Balaban J connectivity index is 2.04. The van der Waals surface area contributed by atoms with Crippen molar-refractivity contribution in [2.75, 3.05) is 12.3 Å². The van der Waals surface area contributed by atoms with Crippen LogP contribution in [0.5, 0.6) is 5.75 Å². The van der Waals surface area contributed by atoms with Crippen LogP contribution in [-0.2, 0) is 0 Å². The molecular formula is C11H11F4NO. The first-order chi connectivity index (χ1) is 7.84. The van der Waals surface area contributed by atoms with Gasteiger partial charge in [-0.1, -0.05) is 0 Å². The maximum absolute atomic E-state index is 13.3. The number of hydrogen-bond acceptors (Lipinski definition) is 2. The number of alkyl halides is 3. The monoisotopic (exact) mass is 249 g/mol. The summed E-state index contributed by atoms with van der Waals surface area (Å²) in [5, 5.41) is 0. The molecule has 0 bridgehead atoms. The summed E-state index contributed by atoms with van der Waals surface area (Å²) in [6.45, 7) is -0.544. The van der Waals surface area contributed by atoms with Crippen LogP contribution in [0.2, 0.25) is 0 Å². The van der Waals surface area contributed by atoms with Crippen molar-refractivity contribution in [1.82, 2.24) is 0 Å². The number of ether oxygens (including phenoxy) is 1. The molecule has 2 nitrogen and oxygen atoms in total. The van der Waals surface area contributed by atoms with Gasteiger partial charge in [0.25, 0.3) is 0 Å². The minimum atomic E-state index is -4.29. The minimum absolute atomic E-state index is 0.0348. The van der Waals surface area contributed by atoms with E-state index in [1.54, 1.807) is 0 Å². The maximum atomic E-state index is 13.3. The highest BCUT2D eigenvalue weighted by atomic mass is 19.4. The number of halogens is 4. The Morgan fingerprint density at radius 3 is 2.41 bits per heavy atom. The highest BCUT2D eigenvalue weighted by Crippen LogP contribution is 2.57. The molecule has 1 aliphatic carbocycles. The van der Waals surface area contributed by atoms with Gasteiger partial charge in [-0.25, -0.2) is 4.39 Å². The van der Waals surface area contributed by atoms with Crippen molar-refractivity contribution in [2.45, 2.75) is 19.0 Å². The summed E-state index contributed by atoms with van der Waals surface area (Å²) in [4.78, 5) is 0. The summed E-state index contributed by atoms with van der Waals surface area (Å²) in [6.07, 6.45) is -4.22. The molecule has 1 aromatic carbocycles. The van der Waals surface area contributed by atoms with Crippen molar-refractivity contribution in [1.29, 1.82) is 0 Å². The lowest BCUT2D eigenvalue weighted by atomic mass is 10.1. The van der Waals surface area contributed by atoms with Crippen molar-refractivity contribution in [3.63, 3.8) is 0 Å². The van der Waals surface area contributed by atoms with E-state index in [0.29, 0.717) is 0 Å². The fourth-order valence-electron chi connectivity index (χ4n) is 1.51. The third kappa shape index (κ3) is 2.30. The molecule has 0 aliphatic heterocycles. The molecule has 0 aromatic heterocycles. The normalized spacial score (nSPS) is 17.9. The number of rotatable bonds is 3. The van der Waals surface area contributed by atoms with Gasteiger partial charge in [-0.2, -0.15) is 13.2 Å². The fraction of sp³-hybridized carbons (Fsp3) is 0.455. The van der Waals surface area contributed by atoms with Gasteiger partial charge in [-0.15, -0.1) is 0 Å². The van der Waals surface area contributed by atoms with Crippen molar-refractivity contribution >= 4 is 5.69 Å². The molecular weight excluding hydrogens is 238 g/mol. The molecule has 1 saturated carbocycles. The zero-order chi connectivity index (χ0) is 12.7. The van der Waals surface area contributed by atoms with Crippen LogP contribution in [0.4, 0.5) is 23.2 Å². The van der Waals surface area contributed by atoms with Gasteiger partial charge in [0.1, 0.15) is 12.0 Å². The van der Waals surface area contributed by atoms with Crippen LogP contribution in [0, 0.1) is 11.2 Å². The Kier molecular flexibility index (Phi) is 2.67. The molecule has 0 spiro atoms. The second kappa shape index (κ2) is 3.78. The van der Waals surface area contributed by atoms with E-state index < -0.39 is 24.0 Å². The van der Waals surface area contributed by atoms with Gasteiger partial charge in [-0.05, 0) is 25.0 Å². The Labute approximate surface area is 95.4 Å². The average Bonchev–Trinajstić information content (AvgIpc) is 2.96. The molecule has 0 heterocycles. The van der Waals surface area contributed by atoms with Crippen LogP contribution >= 0.6 is 0 Å². The zero-order valence-electron chi connectivity index (χ0n) is 8.85. The van der Waals surface area contributed by atoms with Gasteiger partial charge >= 0.3 is 6.18 Å². The van der Waals surface area contributed by atoms with Gasteiger partial charge in [0.15, 0.2) is 11.6 Å². The molecule has 0 atom stereocenters. The number of nitrogen functional groups attached to an aromatic ring is 1. The summed E-state index contributed by atoms with van der Waals surface area (Å²) < 4.78 is 55.9. The predicted molar refractivity (Wildman–Crippen MR) is 54.0 cm³/mol. The molecule has 0 radical (unpaired) electrons. The molecule has 6 heteroatoms. The summed E-state index contributed by atoms with van der Waals surface area (Å²) in [5.74, 6) is -0.947. The van der Waals surface area contributed by atoms with Crippen LogP contribution in [0.15, 0.2) is 18.2 Å². The van der Waals surface area contributed by atoms with Gasteiger partial charge < -0.3 is 10.5 Å². The molecule has 94 valence electrons. The lowest BCUT2D eigenvalue weighted by molar-refractivity contribution is -0.194. The van der Waals surface area contributed by atoms with E-state index >= 15 is 0 Å². The van der Waals surface area contributed by atoms with E-state index in [9.17, 15) is 17.6 Å². The first kappa shape index (κ1) is 12.0. The first-order valence-corrected chi connectivity index (χ1v) is 5.09. The molecule has 0 amide bonds. The number of nitrogens with two attached hydrogens (primary N) is 1. The second-order valence-electron chi connectivity index (χ2n) is 4.26. The molecule has 1 fully saturated rings. The van der Waals surface area contributed by atoms with Gasteiger partial charge in [0, 0.05) is 11.8 Å². The van der Waals surface area contributed by atoms with Crippen molar-refractivity contribution in [3.8, 4) is 5.75 Å². The standard InChI is InChI=1S/C11H11F4NO/c12-8-5-7(16)1-2-9(8)17-6-10(3-4-10)11(13,14)15/h1-2,5H,3-4,6,16H2. The average molecular weight is 249 g/mol. The van der Waals surface area contributed by atoms with E-state index in [4.69, 9.17) is 10.5 Å². The molecule has 2 rings (SSSR count). The minimum Gasteiger partial charge on any atom is -0.490 e. The van der Waals surface area contributed by atoms with E-state index in [0.717, 1.165) is 6.07 Å². The summed E-state index contributed by atoms with van der Waals surface area (Å²) in [7, 11) is 0. The van der Waals surface area contributed by atoms with E-state index in [-0.39, 0.29) is 24.3 Å². The molecule has 17 heavy (non-hydrogen) atoms. The van der Waals surface area contributed by atoms with Crippen LogP contribution in [0.1, 0.15) is 12.8 Å². The fourth-order valence-corrected chi connectivity index (χ4v) is 1.51. The Hall–Kier alpha value is -1.46. The topological polar surface area (TPSA) is 35.2 Å². The summed E-state index contributed by atoms with van der Waals surface area (Å²) >= 11 is 0. The first-order valence-electron chi connectivity index (χ1n) is 5.09. The summed E-state index contributed by atoms with van der Waals surface area (Å²) in [6, 6.07) is 3.63. The largest absolute Gasteiger partial charge is 0.490 e. The highest BCUT2D eigenvalue weighted by Gasteiger charge is 2.63. The lowest BCUT2D eigenvalue weighted by Crippen LogP contribution is -2.30. The third-order valence-corrected chi connectivity index (χ3v) is 2.91. The van der Waals surface area contributed by atoms with E-state index in [1.807, 2.05) is 0 Å². The van der Waals surface area contributed by atoms with Crippen LogP contribution in [-0.4, -0.2) is 12.8 Å². The van der Waals surface area contributed by atoms with Crippen LogP contribution in [0.25, 0.3) is 0 Å². The Bertz CT molecular complexity index is 426. The predicted octanol–water partition coefficient (Wildman–Crippen LogP) is 3.13. The van der Waals surface area contributed by atoms with Gasteiger partial charge in [0.2, 0.25) is 0 Å². The third-order valence-electron chi connectivity index (χ3n) is 2.91. The zero-order valence-corrected chi connectivity index (χ0v) is 8.85. The number of anilines is 1. The van der Waals surface area contributed by atoms with Crippen molar-refractivity contribution in [3.05, 3.63) is 24.0 Å². The number of benzene rings is 1. The molecule has 0 saturated heterocycles. The SMILES string of the molecule is Nc1ccc(OCC2(C(F)(F)F)CC2)c(F)c1. The van der Waals surface area contributed by atoms with Crippen LogP contribution < -0.4 is 10.5 Å².